The second-order valence-electron chi connectivity index (χ2n) is 9.14. The van der Waals surface area contributed by atoms with Crippen LogP contribution in [0.4, 0.5) is 29.3 Å². The van der Waals surface area contributed by atoms with Gasteiger partial charge in [0.2, 0.25) is 5.95 Å². The number of nitrogens with zero attached hydrogens (tertiary/aromatic N) is 5. The topological polar surface area (TPSA) is 104 Å². The van der Waals surface area contributed by atoms with Crippen molar-refractivity contribution >= 4 is 34.9 Å². The molecule has 9 nitrogen and oxygen atoms in total. The largest absolute Gasteiger partial charge is 0.462 e. The molecule has 0 radical (unpaired) electrons. The lowest BCUT2D eigenvalue weighted by molar-refractivity contribution is -0.141. The van der Waals surface area contributed by atoms with Gasteiger partial charge in [-0.3, -0.25) is 14.0 Å². The minimum absolute atomic E-state index is 0.0109. The molecule has 37 heavy (non-hydrogen) atoms. The number of anilines is 2. The van der Waals surface area contributed by atoms with Crippen molar-refractivity contribution in [1.82, 2.24) is 24.5 Å². The molecular formula is C23H24F4N6O3S. The third kappa shape index (κ3) is 4.98. The van der Waals surface area contributed by atoms with Crippen molar-refractivity contribution in [3.63, 3.8) is 0 Å². The molecule has 1 fully saturated rings. The molecule has 0 saturated heterocycles. The Kier molecular flexibility index (Phi) is 6.54. The van der Waals surface area contributed by atoms with Gasteiger partial charge >= 0.3 is 12.1 Å². The van der Waals surface area contributed by atoms with Crippen LogP contribution in [0.15, 0.2) is 12.4 Å². The van der Waals surface area contributed by atoms with E-state index in [1.54, 1.807) is 11.5 Å². The summed E-state index contributed by atoms with van der Waals surface area (Å²) in [6, 6.07) is 0.686. The summed E-state index contributed by atoms with van der Waals surface area (Å²) < 4.78 is 60.7. The van der Waals surface area contributed by atoms with Gasteiger partial charge in [-0.25, -0.2) is 9.18 Å². The first-order valence-corrected chi connectivity index (χ1v) is 12.6. The fraction of sp³-hybridized carbons (Fsp3) is 0.522. The van der Waals surface area contributed by atoms with Crippen molar-refractivity contribution in [2.24, 2.45) is 13.0 Å². The molecule has 0 spiro atoms. The zero-order chi connectivity index (χ0) is 26.5. The van der Waals surface area contributed by atoms with Gasteiger partial charge in [0, 0.05) is 35.3 Å². The molecule has 0 aromatic carbocycles. The molecule has 1 N–H and O–H groups in total. The first-order valence-electron chi connectivity index (χ1n) is 11.8. The molecule has 1 saturated carbocycles. The summed E-state index contributed by atoms with van der Waals surface area (Å²) in [7, 11) is 1.39. The number of rotatable bonds is 8. The second-order valence-corrected chi connectivity index (χ2v) is 10.3. The number of halogens is 4. The smallest absolute Gasteiger partial charge is 0.435 e. The SMILES string of the molecule is CCOC(=O)c1c(CC(=O)[C@H]2C[C@H]2F)sc2c1C[C@@H](n1cnnc1Nc1cc(C(F)(F)F)nn1C)CC2. The van der Waals surface area contributed by atoms with Gasteiger partial charge < -0.3 is 10.1 Å². The number of carbonyl (C=O) groups excluding carboxylic acids is 2. The van der Waals surface area contributed by atoms with Crippen molar-refractivity contribution in [3.8, 4) is 0 Å². The molecule has 3 aromatic rings. The summed E-state index contributed by atoms with van der Waals surface area (Å²) >= 11 is 1.39. The monoisotopic (exact) mass is 540 g/mol. The van der Waals surface area contributed by atoms with Gasteiger partial charge in [-0.2, -0.15) is 18.3 Å². The van der Waals surface area contributed by atoms with Crippen LogP contribution >= 0.6 is 11.3 Å². The van der Waals surface area contributed by atoms with Crippen molar-refractivity contribution in [2.75, 3.05) is 11.9 Å². The molecule has 198 valence electrons. The summed E-state index contributed by atoms with van der Waals surface area (Å²) in [4.78, 5) is 27.0. The summed E-state index contributed by atoms with van der Waals surface area (Å²) in [5, 5.41) is 14.3. The van der Waals surface area contributed by atoms with Gasteiger partial charge in [-0.1, -0.05) is 0 Å². The molecule has 0 aliphatic heterocycles. The average Bonchev–Trinajstić information content (AvgIpc) is 3.15. The van der Waals surface area contributed by atoms with E-state index in [1.165, 1.54) is 24.7 Å². The molecule has 2 aliphatic rings. The van der Waals surface area contributed by atoms with Crippen LogP contribution in [-0.2, 0) is 42.0 Å². The van der Waals surface area contributed by atoms with E-state index in [0.717, 1.165) is 21.2 Å². The highest BCUT2D eigenvalue weighted by Gasteiger charge is 2.44. The Bertz CT molecular complexity index is 1350. The van der Waals surface area contributed by atoms with Crippen LogP contribution in [0.5, 0.6) is 0 Å². The zero-order valence-electron chi connectivity index (χ0n) is 20.0. The number of aromatic nitrogens is 5. The quantitative estimate of drug-likeness (QED) is 0.337. The normalized spacial score (nSPS) is 21.0. The molecule has 0 bridgehead atoms. The number of thiophene rings is 1. The summed E-state index contributed by atoms with van der Waals surface area (Å²) in [6.07, 6.45) is -2.31. The number of hydrogen-bond acceptors (Lipinski definition) is 8. The maximum absolute atomic E-state index is 13.4. The van der Waals surface area contributed by atoms with Gasteiger partial charge in [-0.05, 0) is 38.2 Å². The van der Waals surface area contributed by atoms with E-state index < -0.39 is 29.9 Å². The van der Waals surface area contributed by atoms with Crippen molar-refractivity contribution < 1.29 is 31.9 Å². The van der Waals surface area contributed by atoms with Crippen molar-refractivity contribution in [1.29, 1.82) is 0 Å². The summed E-state index contributed by atoms with van der Waals surface area (Å²) in [6.45, 7) is 1.86. The first-order chi connectivity index (χ1) is 17.6. The predicted octanol–water partition coefficient (Wildman–Crippen LogP) is 4.21. The third-order valence-electron chi connectivity index (χ3n) is 6.63. The Morgan fingerprint density at radius 2 is 2.08 bits per heavy atom. The standard InChI is InChI=1S/C23H24F4N6O3S/c1-3-36-21(35)20-13-6-11(4-5-16(13)37-17(20)8-15(34)12-7-14(12)24)33-10-28-30-22(33)29-19-9-18(23(25,26)27)31-32(19)2/h9-12,14H,3-8H2,1-2H3,(H,29,30)/t11-,12-,14+/m0/s1. The highest BCUT2D eigenvalue weighted by atomic mass is 32.1. The van der Waals surface area contributed by atoms with Crippen molar-refractivity contribution in [3.05, 3.63) is 39.0 Å². The van der Waals surface area contributed by atoms with E-state index in [4.69, 9.17) is 4.74 Å². The number of ether oxygens (including phenoxy) is 1. The van der Waals surface area contributed by atoms with Crippen LogP contribution in [-0.4, -0.2) is 49.1 Å². The molecule has 14 heteroatoms. The Morgan fingerprint density at radius 1 is 1.32 bits per heavy atom. The number of esters is 1. The minimum Gasteiger partial charge on any atom is -0.462 e. The van der Waals surface area contributed by atoms with Gasteiger partial charge in [0.15, 0.2) is 5.69 Å². The van der Waals surface area contributed by atoms with E-state index in [1.807, 2.05) is 0 Å². The van der Waals surface area contributed by atoms with Crippen LogP contribution in [0.2, 0.25) is 0 Å². The number of fused-ring (bicyclic) bond motifs is 1. The number of ketones is 1. The third-order valence-corrected chi connectivity index (χ3v) is 7.92. The molecule has 5 rings (SSSR count). The molecule has 0 unspecified atom stereocenters. The Labute approximate surface area is 212 Å². The number of hydrogen-bond donors (Lipinski definition) is 1. The number of Topliss-reactive ketones (excluding diaryl/α,β-unsaturated/α-hetero) is 1. The predicted molar refractivity (Wildman–Crippen MR) is 125 cm³/mol. The fourth-order valence-corrected chi connectivity index (χ4v) is 6.00. The van der Waals surface area contributed by atoms with Gasteiger partial charge in [0.05, 0.1) is 18.1 Å². The molecule has 3 heterocycles. The molecular weight excluding hydrogens is 516 g/mol. The number of nitrogens with one attached hydrogen (secondary N) is 1. The van der Waals surface area contributed by atoms with Gasteiger partial charge in [0.1, 0.15) is 24.1 Å². The fourth-order valence-electron chi connectivity index (χ4n) is 4.65. The Balaban J connectivity index is 1.41. The molecule has 2 aliphatic carbocycles. The van der Waals surface area contributed by atoms with E-state index in [-0.39, 0.29) is 43.0 Å². The van der Waals surface area contributed by atoms with E-state index in [2.05, 4.69) is 20.6 Å². The maximum atomic E-state index is 13.4. The number of aryl methyl sites for hydroxylation is 2. The van der Waals surface area contributed by atoms with E-state index in [0.29, 0.717) is 29.7 Å². The molecule has 3 atom stereocenters. The lowest BCUT2D eigenvalue weighted by Crippen LogP contribution is -2.21. The van der Waals surface area contributed by atoms with Crippen LogP contribution < -0.4 is 5.32 Å². The second kappa shape index (κ2) is 9.54. The van der Waals surface area contributed by atoms with Crippen molar-refractivity contribution in [2.45, 2.75) is 57.4 Å². The van der Waals surface area contributed by atoms with Gasteiger partial charge in [0.25, 0.3) is 0 Å². The first kappa shape index (κ1) is 25.4. The highest BCUT2D eigenvalue weighted by molar-refractivity contribution is 7.12. The maximum Gasteiger partial charge on any atom is 0.435 e. The average molecular weight is 541 g/mol. The Morgan fingerprint density at radius 3 is 2.73 bits per heavy atom. The van der Waals surface area contributed by atoms with E-state index >= 15 is 0 Å². The summed E-state index contributed by atoms with van der Waals surface area (Å²) in [5.74, 6) is -1.01. The lowest BCUT2D eigenvalue weighted by Gasteiger charge is -2.25. The molecule has 3 aromatic heterocycles. The number of alkyl halides is 4. The summed E-state index contributed by atoms with van der Waals surface area (Å²) in [5.41, 5.74) is 0.102. The van der Waals surface area contributed by atoms with Crippen LogP contribution in [0.25, 0.3) is 0 Å². The Hall–Kier alpha value is -3.29. The molecule has 0 amide bonds. The minimum atomic E-state index is -4.59. The van der Waals surface area contributed by atoms with Gasteiger partial charge in [-0.15, -0.1) is 21.5 Å². The number of carbonyl (C=O) groups is 2. The highest BCUT2D eigenvalue weighted by Crippen LogP contribution is 2.42. The van der Waals surface area contributed by atoms with Crippen LogP contribution in [0, 0.1) is 5.92 Å². The van der Waals surface area contributed by atoms with Crippen LogP contribution in [0.3, 0.4) is 0 Å². The lowest BCUT2D eigenvalue weighted by atomic mass is 9.90. The van der Waals surface area contributed by atoms with Crippen LogP contribution in [0.1, 0.15) is 57.2 Å². The zero-order valence-corrected chi connectivity index (χ0v) is 20.8. The van der Waals surface area contributed by atoms with E-state index in [9.17, 15) is 27.2 Å².